The zero-order valence-electron chi connectivity index (χ0n) is 14.0. The molecule has 1 aliphatic heterocycles. The molecule has 0 aliphatic carbocycles. The predicted molar refractivity (Wildman–Crippen MR) is 91.6 cm³/mol. The Hall–Kier alpha value is -1.66. The van der Waals surface area contributed by atoms with Crippen LogP contribution in [0.4, 0.5) is 11.4 Å². The largest absolute Gasteiger partial charge is 0.392 e. The average Bonchev–Trinajstić information content (AvgIpc) is 2.53. The highest BCUT2D eigenvalue weighted by atomic mass is 16.6. The number of nitro benzene ring substituents is 1. The first-order valence-corrected chi connectivity index (χ1v) is 8.37. The molecule has 0 spiro atoms. The van der Waals surface area contributed by atoms with E-state index in [1.54, 1.807) is 12.1 Å². The van der Waals surface area contributed by atoms with Gasteiger partial charge in [-0.2, -0.15) is 0 Å². The number of nitrogens with zero attached hydrogens (tertiary/aromatic N) is 2. The van der Waals surface area contributed by atoms with Crippen LogP contribution in [0.3, 0.4) is 0 Å². The zero-order valence-corrected chi connectivity index (χ0v) is 14.0. The Morgan fingerprint density at radius 2 is 2.22 bits per heavy atom. The van der Waals surface area contributed by atoms with E-state index < -0.39 is 0 Å². The van der Waals surface area contributed by atoms with Crippen LogP contribution in [0.1, 0.15) is 38.7 Å². The molecule has 0 radical (unpaired) electrons. The van der Waals surface area contributed by atoms with Crippen molar-refractivity contribution in [1.29, 1.82) is 0 Å². The van der Waals surface area contributed by atoms with Gasteiger partial charge in [-0.1, -0.05) is 20.3 Å². The predicted octanol–water partition coefficient (Wildman–Crippen LogP) is 3.01. The Kier molecular flexibility index (Phi) is 6.36. The van der Waals surface area contributed by atoms with Crippen molar-refractivity contribution in [3.05, 3.63) is 33.9 Å². The first kappa shape index (κ1) is 17.7. The number of aliphatic hydroxyl groups excluding tert-OH is 1. The molecule has 2 rings (SSSR count). The van der Waals surface area contributed by atoms with Gasteiger partial charge in [-0.3, -0.25) is 15.0 Å². The number of likely N-dealkylation sites (tertiary alicyclic amines) is 1. The van der Waals surface area contributed by atoms with Crippen LogP contribution in [0, 0.1) is 16.0 Å². The Morgan fingerprint density at radius 1 is 1.43 bits per heavy atom. The number of nitro groups is 1. The maximum Gasteiger partial charge on any atom is 0.292 e. The first-order chi connectivity index (χ1) is 11.0. The minimum atomic E-state index is -0.379. The van der Waals surface area contributed by atoms with Gasteiger partial charge in [0.15, 0.2) is 0 Å². The minimum absolute atomic E-state index is 0.0634. The van der Waals surface area contributed by atoms with Crippen molar-refractivity contribution < 1.29 is 10.0 Å². The van der Waals surface area contributed by atoms with Gasteiger partial charge in [-0.05, 0) is 43.0 Å². The molecular formula is C17H27N3O3. The first-order valence-electron chi connectivity index (χ1n) is 8.37. The molecule has 0 amide bonds. The van der Waals surface area contributed by atoms with Crippen molar-refractivity contribution in [2.24, 2.45) is 5.92 Å². The third-order valence-corrected chi connectivity index (χ3v) is 4.32. The Morgan fingerprint density at radius 3 is 2.87 bits per heavy atom. The van der Waals surface area contributed by atoms with Crippen molar-refractivity contribution in [3.63, 3.8) is 0 Å². The lowest BCUT2D eigenvalue weighted by Crippen LogP contribution is -2.45. The van der Waals surface area contributed by atoms with Crippen LogP contribution in [0.2, 0.25) is 0 Å². The van der Waals surface area contributed by atoms with Gasteiger partial charge in [0.2, 0.25) is 0 Å². The van der Waals surface area contributed by atoms with Gasteiger partial charge in [0.05, 0.1) is 11.5 Å². The molecule has 1 heterocycles. The Labute approximate surface area is 137 Å². The highest BCUT2D eigenvalue weighted by Gasteiger charge is 2.23. The number of benzene rings is 1. The molecule has 1 unspecified atom stereocenters. The van der Waals surface area contributed by atoms with E-state index in [4.69, 9.17) is 0 Å². The fourth-order valence-electron chi connectivity index (χ4n) is 3.21. The van der Waals surface area contributed by atoms with Crippen LogP contribution >= 0.6 is 0 Å². The average molecular weight is 321 g/mol. The lowest BCUT2D eigenvalue weighted by molar-refractivity contribution is -0.384. The smallest absolute Gasteiger partial charge is 0.292 e. The third-order valence-electron chi connectivity index (χ3n) is 4.32. The Bertz CT molecular complexity index is 534. The van der Waals surface area contributed by atoms with Crippen LogP contribution in [-0.2, 0) is 6.61 Å². The van der Waals surface area contributed by atoms with Gasteiger partial charge < -0.3 is 10.4 Å². The third kappa shape index (κ3) is 4.91. The number of piperidine rings is 1. The van der Waals surface area contributed by atoms with E-state index in [9.17, 15) is 15.2 Å². The molecule has 1 saturated heterocycles. The van der Waals surface area contributed by atoms with Crippen LogP contribution in [0.25, 0.3) is 0 Å². The molecule has 0 bridgehead atoms. The highest BCUT2D eigenvalue weighted by Crippen LogP contribution is 2.27. The second kappa shape index (κ2) is 8.26. The molecule has 1 atom stereocenters. The minimum Gasteiger partial charge on any atom is -0.392 e. The summed E-state index contributed by atoms with van der Waals surface area (Å²) in [6.45, 7) is 7.18. The van der Waals surface area contributed by atoms with Crippen LogP contribution in [0.5, 0.6) is 0 Å². The summed E-state index contributed by atoms with van der Waals surface area (Å²) in [5, 5.41) is 23.7. The highest BCUT2D eigenvalue weighted by molar-refractivity contribution is 5.62. The molecule has 128 valence electrons. The number of rotatable bonds is 7. The fourth-order valence-corrected chi connectivity index (χ4v) is 3.21. The molecule has 0 saturated carbocycles. The molecule has 1 fully saturated rings. The SMILES string of the molecule is CC(C)CN1CCCCC1CNc1cc(CO)ccc1[N+](=O)[O-]. The summed E-state index contributed by atoms with van der Waals surface area (Å²) in [6, 6.07) is 5.13. The lowest BCUT2D eigenvalue weighted by atomic mass is 10.00. The van der Waals surface area contributed by atoms with Gasteiger partial charge in [0.1, 0.15) is 5.69 Å². The van der Waals surface area contributed by atoms with E-state index >= 15 is 0 Å². The fraction of sp³-hybridized carbons (Fsp3) is 0.647. The van der Waals surface area contributed by atoms with E-state index in [-0.39, 0.29) is 17.2 Å². The van der Waals surface area contributed by atoms with E-state index in [2.05, 4.69) is 24.1 Å². The van der Waals surface area contributed by atoms with Gasteiger partial charge in [0, 0.05) is 25.2 Å². The summed E-state index contributed by atoms with van der Waals surface area (Å²) in [5.74, 6) is 0.614. The summed E-state index contributed by atoms with van der Waals surface area (Å²) in [7, 11) is 0. The topological polar surface area (TPSA) is 78.6 Å². The number of nitrogens with one attached hydrogen (secondary N) is 1. The summed E-state index contributed by atoms with van der Waals surface area (Å²) in [6.07, 6.45) is 3.55. The van der Waals surface area contributed by atoms with Crippen molar-refractivity contribution in [1.82, 2.24) is 4.90 Å². The number of hydrogen-bond donors (Lipinski definition) is 2. The molecular weight excluding hydrogens is 294 g/mol. The molecule has 2 N–H and O–H groups in total. The number of hydrogen-bond acceptors (Lipinski definition) is 5. The molecule has 6 nitrogen and oxygen atoms in total. The maximum atomic E-state index is 11.2. The van der Waals surface area contributed by atoms with Crippen LogP contribution < -0.4 is 5.32 Å². The quantitative estimate of drug-likeness (QED) is 0.596. The van der Waals surface area contributed by atoms with Gasteiger partial charge >= 0.3 is 0 Å². The van der Waals surface area contributed by atoms with Crippen molar-refractivity contribution in [3.8, 4) is 0 Å². The standard InChI is InChI=1S/C17H27N3O3/c1-13(2)11-19-8-4-3-5-15(19)10-18-16-9-14(12-21)6-7-17(16)20(22)23/h6-7,9,13,15,18,21H,3-5,8,10-12H2,1-2H3. The molecule has 6 heteroatoms. The zero-order chi connectivity index (χ0) is 16.8. The number of aliphatic hydroxyl groups is 1. The molecule has 1 aliphatic rings. The normalized spacial score (nSPS) is 19.0. The molecule has 1 aromatic rings. The van der Waals surface area contributed by atoms with Crippen LogP contribution in [0.15, 0.2) is 18.2 Å². The second-order valence-corrected chi connectivity index (χ2v) is 6.69. The summed E-state index contributed by atoms with van der Waals surface area (Å²) < 4.78 is 0. The van der Waals surface area contributed by atoms with E-state index in [1.807, 2.05) is 0 Å². The van der Waals surface area contributed by atoms with E-state index in [0.29, 0.717) is 29.8 Å². The van der Waals surface area contributed by atoms with Crippen molar-refractivity contribution in [2.75, 3.05) is 25.0 Å². The van der Waals surface area contributed by atoms with Gasteiger partial charge in [0.25, 0.3) is 5.69 Å². The summed E-state index contributed by atoms with van der Waals surface area (Å²) in [4.78, 5) is 13.3. The summed E-state index contributed by atoms with van der Waals surface area (Å²) in [5.41, 5.74) is 1.24. The van der Waals surface area contributed by atoms with E-state index in [0.717, 1.165) is 19.5 Å². The van der Waals surface area contributed by atoms with Crippen molar-refractivity contribution in [2.45, 2.75) is 45.8 Å². The maximum absolute atomic E-state index is 11.2. The Balaban J connectivity index is 2.07. The van der Waals surface area contributed by atoms with Crippen molar-refractivity contribution >= 4 is 11.4 Å². The van der Waals surface area contributed by atoms with E-state index in [1.165, 1.54) is 18.9 Å². The lowest BCUT2D eigenvalue weighted by Gasteiger charge is -2.37. The van der Waals surface area contributed by atoms with Crippen LogP contribution in [-0.4, -0.2) is 40.6 Å². The molecule has 1 aromatic carbocycles. The van der Waals surface area contributed by atoms with Gasteiger partial charge in [-0.15, -0.1) is 0 Å². The molecule has 0 aromatic heterocycles. The number of anilines is 1. The van der Waals surface area contributed by atoms with Gasteiger partial charge in [-0.25, -0.2) is 0 Å². The summed E-state index contributed by atoms with van der Waals surface area (Å²) >= 11 is 0. The second-order valence-electron chi connectivity index (χ2n) is 6.69. The monoisotopic (exact) mass is 321 g/mol. The molecule has 23 heavy (non-hydrogen) atoms.